The fourth-order valence-electron chi connectivity index (χ4n) is 3.36. The van der Waals surface area contributed by atoms with Crippen LogP contribution in [0.2, 0.25) is 0 Å². The fourth-order valence-corrected chi connectivity index (χ4v) is 5.15. The first kappa shape index (κ1) is 33.9. The number of unbranched alkanes of at least 4 members (excludes halogenated alkanes) is 10. The van der Waals surface area contributed by atoms with E-state index in [1.54, 1.807) is 11.8 Å². The van der Waals surface area contributed by atoms with Crippen molar-refractivity contribution in [2.24, 2.45) is 0 Å². The maximum absolute atomic E-state index is 12.5. The number of thioether (sulfide) groups is 1. The highest BCUT2D eigenvalue weighted by atomic mass is 32.2. The molecule has 34 heavy (non-hydrogen) atoms. The number of carbonyl (C=O) groups excluding carboxylic acids is 1. The maximum atomic E-state index is 12.5. The van der Waals surface area contributed by atoms with Crippen LogP contribution in [-0.4, -0.2) is 73.7 Å². The van der Waals surface area contributed by atoms with Gasteiger partial charge in [-0.3, -0.25) is 13.8 Å². The summed E-state index contributed by atoms with van der Waals surface area (Å²) in [5.41, 5.74) is 0. The molecule has 0 radical (unpaired) electrons. The number of phosphoric ester groups is 1. The van der Waals surface area contributed by atoms with E-state index in [0.717, 1.165) is 25.0 Å². The van der Waals surface area contributed by atoms with E-state index >= 15 is 0 Å². The Hall–Kier alpha value is -0.110. The second-order valence-corrected chi connectivity index (χ2v) is 12.8. The van der Waals surface area contributed by atoms with Crippen molar-refractivity contribution in [2.45, 2.75) is 103 Å². The monoisotopic (exact) mass is 525 g/mol. The van der Waals surface area contributed by atoms with Gasteiger partial charge in [-0.05, 0) is 18.6 Å². The number of quaternary nitrogens is 1. The van der Waals surface area contributed by atoms with Crippen molar-refractivity contribution in [3.63, 3.8) is 0 Å². The highest BCUT2D eigenvalue weighted by Crippen LogP contribution is 2.43. The summed E-state index contributed by atoms with van der Waals surface area (Å²) in [7, 11) is 1.82. The minimum Gasteiger partial charge on any atom is -0.350 e. The van der Waals surface area contributed by atoms with Crippen molar-refractivity contribution in [1.29, 1.82) is 0 Å². The van der Waals surface area contributed by atoms with Gasteiger partial charge in [0.05, 0.1) is 33.8 Å². The summed E-state index contributed by atoms with van der Waals surface area (Å²) in [4.78, 5) is 22.5. The molecule has 2 atom stereocenters. The zero-order valence-electron chi connectivity index (χ0n) is 22.7. The Labute approximate surface area is 214 Å². The van der Waals surface area contributed by atoms with Gasteiger partial charge < -0.3 is 14.7 Å². The SMILES string of the molecule is CCCCCCCCCCC(=O)N[C@@H](COP(=O)(O)OCC[N+](C)(C)C)CSCCCCCC. The van der Waals surface area contributed by atoms with Gasteiger partial charge >= 0.3 is 7.82 Å². The molecule has 0 aliphatic carbocycles. The Balaban J connectivity index is 4.40. The average Bonchev–Trinajstić information content (AvgIpc) is 2.75. The minimum absolute atomic E-state index is 0.00936. The van der Waals surface area contributed by atoms with E-state index in [9.17, 15) is 14.3 Å². The Kier molecular flexibility index (Phi) is 21.0. The highest BCUT2D eigenvalue weighted by Gasteiger charge is 2.25. The van der Waals surface area contributed by atoms with Crippen LogP contribution >= 0.6 is 19.6 Å². The van der Waals surface area contributed by atoms with Crippen LogP contribution in [0.5, 0.6) is 0 Å². The van der Waals surface area contributed by atoms with E-state index in [1.807, 2.05) is 21.1 Å². The van der Waals surface area contributed by atoms with E-state index in [4.69, 9.17) is 9.05 Å². The van der Waals surface area contributed by atoms with E-state index in [0.29, 0.717) is 23.2 Å². The topological polar surface area (TPSA) is 84.9 Å². The van der Waals surface area contributed by atoms with Crippen molar-refractivity contribution in [2.75, 3.05) is 52.4 Å². The molecule has 0 aliphatic heterocycles. The number of hydrogen-bond acceptors (Lipinski definition) is 5. The quantitative estimate of drug-likeness (QED) is 0.0892. The lowest BCUT2D eigenvalue weighted by molar-refractivity contribution is -0.870. The summed E-state index contributed by atoms with van der Waals surface area (Å²) in [5, 5.41) is 3.02. The number of carbonyl (C=O) groups is 1. The van der Waals surface area contributed by atoms with Gasteiger partial charge in [0.2, 0.25) is 5.91 Å². The molecule has 0 saturated carbocycles. The van der Waals surface area contributed by atoms with Crippen molar-refractivity contribution < 1.29 is 27.8 Å². The first-order valence-corrected chi connectivity index (χ1v) is 16.0. The summed E-state index contributed by atoms with van der Waals surface area (Å²) >= 11 is 1.76. The van der Waals surface area contributed by atoms with Gasteiger partial charge in [0.15, 0.2) is 0 Å². The Morgan fingerprint density at radius 1 is 0.912 bits per heavy atom. The summed E-state index contributed by atoms with van der Waals surface area (Å²) < 4.78 is 23.3. The average molecular weight is 526 g/mol. The molecule has 7 nitrogen and oxygen atoms in total. The first-order valence-electron chi connectivity index (χ1n) is 13.4. The molecule has 0 rings (SSSR count). The molecule has 0 saturated heterocycles. The molecular formula is C25H54N2O5PS+. The summed E-state index contributed by atoms with van der Waals surface area (Å²) in [6.45, 7) is 5.13. The van der Waals surface area contributed by atoms with Gasteiger partial charge in [0.1, 0.15) is 13.2 Å². The summed E-state index contributed by atoms with van der Waals surface area (Å²) in [6, 6.07) is -0.305. The molecule has 0 aliphatic rings. The van der Waals surface area contributed by atoms with Crippen LogP contribution in [0.1, 0.15) is 97.3 Å². The van der Waals surface area contributed by atoms with Crippen LogP contribution in [-0.2, 0) is 18.4 Å². The van der Waals surface area contributed by atoms with Gasteiger partial charge in [0, 0.05) is 12.2 Å². The number of nitrogens with zero attached hydrogens (tertiary/aromatic N) is 1. The molecule has 204 valence electrons. The smallest absolute Gasteiger partial charge is 0.350 e. The molecular weight excluding hydrogens is 471 g/mol. The normalized spacial score (nSPS) is 14.6. The molecule has 0 bridgehead atoms. The maximum Gasteiger partial charge on any atom is 0.472 e. The number of hydrogen-bond donors (Lipinski definition) is 2. The van der Waals surface area contributed by atoms with Crippen LogP contribution in [0, 0.1) is 0 Å². The number of nitrogens with one attached hydrogen (secondary N) is 1. The lowest BCUT2D eigenvalue weighted by Gasteiger charge is -2.24. The van der Waals surface area contributed by atoms with E-state index in [1.165, 1.54) is 57.8 Å². The van der Waals surface area contributed by atoms with Gasteiger partial charge in [-0.2, -0.15) is 11.8 Å². The largest absolute Gasteiger partial charge is 0.472 e. The third-order valence-electron chi connectivity index (χ3n) is 5.54. The molecule has 1 unspecified atom stereocenters. The van der Waals surface area contributed by atoms with Crippen molar-refractivity contribution in [3.05, 3.63) is 0 Å². The third kappa shape index (κ3) is 23.6. The van der Waals surface area contributed by atoms with Crippen LogP contribution in [0.4, 0.5) is 0 Å². The Morgan fingerprint density at radius 3 is 2.06 bits per heavy atom. The van der Waals surface area contributed by atoms with Gasteiger partial charge in [-0.1, -0.05) is 78.1 Å². The third-order valence-corrected chi connectivity index (χ3v) is 7.74. The molecule has 1 amide bonds. The molecule has 0 spiro atoms. The fraction of sp³-hybridized carbons (Fsp3) is 0.960. The first-order chi connectivity index (χ1) is 16.1. The molecule has 0 aromatic rings. The van der Waals surface area contributed by atoms with Crippen molar-refractivity contribution in [3.8, 4) is 0 Å². The number of likely N-dealkylation sites (N-methyl/N-ethyl adjacent to an activating group) is 1. The van der Waals surface area contributed by atoms with E-state index in [2.05, 4.69) is 19.2 Å². The summed E-state index contributed by atoms with van der Waals surface area (Å²) in [5.74, 6) is 1.67. The van der Waals surface area contributed by atoms with E-state index in [-0.39, 0.29) is 25.2 Å². The Morgan fingerprint density at radius 2 is 1.47 bits per heavy atom. The molecule has 0 fully saturated rings. The second kappa shape index (κ2) is 21.0. The van der Waals surface area contributed by atoms with E-state index < -0.39 is 7.82 Å². The minimum atomic E-state index is -4.14. The molecule has 0 aromatic heterocycles. The van der Waals surface area contributed by atoms with Crippen LogP contribution < -0.4 is 5.32 Å². The molecule has 0 aromatic carbocycles. The number of rotatable bonds is 24. The predicted molar refractivity (Wildman–Crippen MR) is 145 cm³/mol. The molecule has 2 N–H and O–H groups in total. The second-order valence-electron chi connectivity index (χ2n) is 10.2. The zero-order valence-corrected chi connectivity index (χ0v) is 24.4. The van der Waals surface area contributed by atoms with Crippen molar-refractivity contribution in [1.82, 2.24) is 5.32 Å². The predicted octanol–water partition coefficient (Wildman–Crippen LogP) is 6.16. The lowest BCUT2D eigenvalue weighted by atomic mass is 10.1. The van der Waals surface area contributed by atoms with Crippen molar-refractivity contribution >= 4 is 25.5 Å². The highest BCUT2D eigenvalue weighted by molar-refractivity contribution is 7.99. The van der Waals surface area contributed by atoms with Gasteiger partial charge in [-0.25, -0.2) is 4.57 Å². The molecule has 0 heterocycles. The Bertz CT molecular complexity index is 546. The number of amides is 1. The van der Waals surface area contributed by atoms with Crippen LogP contribution in [0.15, 0.2) is 0 Å². The van der Waals surface area contributed by atoms with Crippen LogP contribution in [0.25, 0.3) is 0 Å². The molecule has 9 heteroatoms. The zero-order chi connectivity index (χ0) is 25.7. The van der Waals surface area contributed by atoms with Gasteiger partial charge in [0.25, 0.3) is 0 Å². The van der Waals surface area contributed by atoms with Gasteiger partial charge in [-0.15, -0.1) is 0 Å². The standard InChI is InChI=1S/C25H53N2O5PS/c1-6-8-10-12-13-14-15-16-18-25(28)26-24(23-34-21-17-11-9-7-2)22-32-33(29,30)31-20-19-27(3,4)5/h24H,6-23H2,1-5H3,(H-,26,28,29,30)/p+1/t24-/m0/s1. The lowest BCUT2D eigenvalue weighted by Crippen LogP contribution is -2.40. The number of phosphoric acid groups is 1. The van der Waals surface area contributed by atoms with Crippen LogP contribution in [0.3, 0.4) is 0 Å². The summed E-state index contributed by atoms with van der Waals surface area (Å²) in [6.07, 6.45) is 14.8.